The predicted octanol–water partition coefficient (Wildman–Crippen LogP) is 0.236. The number of benzene rings is 2. The van der Waals surface area contributed by atoms with Gasteiger partial charge in [0.05, 0.1) is 25.9 Å². The topological polar surface area (TPSA) is 151 Å². The molecule has 1 aliphatic heterocycles. The lowest BCUT2D eigenvalue weighted by Crippen LogP contribution is -2.54. The van der Waals surface area contributed by atoms with E-state index in [1.807, 2.05) is 35.1 Å². The van der Waals surface area contributed by atoms with Gasteiger partial charge in [-0.15, -0.1) is 0 Å². The summed E-state index contributed by atoms with van der Waals surface area (Å²) in [5.74, 6) is -2.76. The highest BCUT2D eigenvalue weighted by atomic mass is 32.2. The molecular weight excluding hydrogens is 454 g/mol. The number of rotatable bonds is 10. The van der Waals surface area contributed by atoms with Crippen LogP contribution in [0.25, 0.3) is 0 Å². The third kappa shape index (κ3) is 6.14. The van der Waals surface area contributed by atoms with E-state index in [9.17, 15) is 27.9 Å². The van der Waals surface area contributed by atoms with Gasteiger partial charge in [0.15, 0.2) is 6.17 Å². The van der Waals surface area contributed by atoms with Crippen molar-refractivity contribution in [1.82, 2.24) is 14.3 Å². The molecule has 0 radical (unpaired) electrons. The summed E-state index contributed by atoms with van der Waals surface area (Å²) in [6, 6.07) is 13.7. The van der Waals surface area contributed by atoms with Gasteiger partial charge in [-0.05, 0) is 23.3 Å². The Morgan fingerprint density at radius 3 is 2.39 bits per heavy atom. The van der Waals surface area contributed by atoms with Crippen LogP contribution in [0.2, 0.25) is 0 Å². The first-order valence-corrected chi connectivity index (χ1v) is 11.3. The van der Waals surface area contributed by atoms with Gasteiger partial charge in [0.1, 0.15) is 6.04 Å². The van der Waals surface area contributed by atoms with Crippen molar-refractivity contribution in [2.75, 3.05) is 13.7 Å². The van der Waals surface area contributed by atoms with Gasteiger partial charge in [-0.2, -0.15) is 12.7 Å². The van der Waals surface area contributed by atoms with E-state index in [2.05, 4.69) is 10.1 Å². The minimum atomic E-state index is -4.20. The number of amides is 1. The number of methoxy groups -OCH3 is 1. The molecule has 1 heterocycles. The second-order valence-corrected chi connectivity index (χ2v) is 8.79. The average Bonchev–Trinajstić information content (AvgIpc) is 3.00. The molecule has 2 aromatic rings. The van der Waals surface area contributed by atoms with Crippen molar-refractivity contribution in [1.29, 1.82) is 0 Å². The molecule has 0 spiro atoms. The molecule has 2 aromatic carbocycles. The summed E-state index contributed by atoms with van der Waals surface area (Å²) >= 11 is 0. The molecule has 0 saturated carbocycles. The number of hydrogen-bond acceptors (Lipinski definition) is 8. The second-order valence-electron chi connectivity index (χ2n) is 7.17. The van der Waals surface area contributed by atoms with Gasteiger partial charge in [-0.3, -0.25) is 14.9 Å². The van der Waals surface area contributed by atoms with Crippen molar-refractivity contribution in [2.24, 2.45) is 0 Å². The number of ether oxygens (including phenoxy) is 2. The standard InChI is InChI=1S/C21H23N3O8S/c1-31-21(28)16-9-7-14(8-10-16)11-24-18(19(25)23-33(24,29)30)22-17(20(26)27)13-32-12-15-5-3-2-4-6-15/h2-10,17-18,22H,11-13H2,1H3,(H,23,25)(H,26,27)/t17-,18+/m0/s1. The molecule has 0 unspecified atom stereocenters. The first kappa shape index (κ1) is 24.3. The highest BCUT2D eigenvalue weighted by Crippen LogP contribution is 2.18. The van der Waals surface area contributed by atoms with E-state index >= 15 is 0 Å². The molecule has 3 N–H and O–H groups in total. The SMILES string of the molecule is COC(=O)c1ccc(CN2[C@@H](N[C@@H](COCc3ccccc3)C(=O)O)C(=O)NS2(=O)=O)cc1. The van der Waals surface area contributed by atoms with Crippen LogP contribution in [0.15, 0.2) is 54.6 Å². The van der Waals surface area contributed by atoms with Crippen LogP contribution in [-0.2, 0) is 42.4 Å². The molecule has 11 nitrogen and oxygen atoms in total. The van der Waals surface area contributed by atoms with Crippen LogP contribution in [-0.4, -0.2) is 61.6 Å². The quantitative estimate of drug-likeness (QED) is 0.409. The minimum Gasteiger partial charge on any atom is -0.480 e. The van der Waals surface area contributed by atoms with E-state index in [0.29, 0.717) is 5.56 Å². The molecule has 0 aromatic heterocycles. The Balaban J connectivity index is 1.70. The summed E-state index contributed by atoms with van der Waals surface area (Å²) in [5, 5.41) is 12.1. The summed E-state index contributed by atoms with van der Waals surface area (Å²) in [7, 11) is -2.96. The maximum Gasteiger partial charge on any atom is 0.337 e. The number of hydrogen-bond donors (Lipinski definition) is 3. The number of carbonyl (C=O) groups is 3. The van der Waals surface area contributed by atoms with Crippen LogP contribution >= 0.6 is 0 Å². The molecule has 2 atom stereocenters. The number of carbonyl (C=O) groups excluding carboxylic acids is 2. The monoisotopic (exact) mass is 477 g/mol. The van der Waals surface area contributed by atoms with Gasteiger partial charge in [-0.1, -0.05) is 42.5 Å². The molecule has 176 valence electrons. The van der Waals surface area contributed by atoms with Crippen molar-refractivity contribution in [3.05, 3.63) is 71.3 Å². The Hall–Kier alpha value is -3.32. The van der Waals surface area contributed by atoms with Crippen molar-refractivity contribution in [3.63, 3.8) is 0 Å². The van der Waals surface area contributed by atoms with E-state index in [-0.39, 0.29) is 25.3 Å². The fraction of sp³-hybridized carbons (Fsp3) is 0.286. The zero-order valence-electron chi connectivity index (χ0n) is 17.6. The van der Waals surface area contributed by atoms with Crippen molar-refractivity contribution in [2.45, 2.75) is 25.4 Å². The zero-order chi connectivity index (χ0) is 24.0. The van der Waals surface area contributed by atoms with Crippen LogP contribution in [0.3, 0.4) is 0 Å². The van der Waals surface area contributed by atoms with Gasteiger partial charge in [0, 0.05) is 6.54 Å². The number of nitrogens with zero attached hydrogens (tertiary/aromatic N) is 1. The second kappa shape index (κ2) is 10.5. The lowest BCUT2D eigenvalue weighted by Gasteiger charge is -2.24. The van der Waals surface area contributed by atoms with E-state index in [4.69, 9.17) is 4.74 Å². The van der Waals surface area contributed by atoms with Crippen molar-refractivity contribution in [3.8, 4) is 0 Å². The summed E-state index contributed by atoms with van der Waals surface area (Å²) in [5.41, 5.74) is 1.58. The van der Waals surface area contributed by atoms with Crippen LogP contribution in [0, 0.1) is 0 Å². The van der Waals surface area contributed by atoms with Gasteiger partial charge in [0.2, 0.25) is 0 Å². The number of nitrogens with one attached hydrogen (secondary N) is 2. The van der Waals surface area contributed by atoms with Crippen LogP contribution in [0.5, 0.6) is 0 Å². The Labute approximate surface area is 190 Å². The fourth-order valence-electron chi connectivity index (χ4n) is 3.14. The number of carboxylic acid groups (broad SMARTS) is 1. The third-order valence-electron chi connectivity index (χ3n) is 4.84. The molecule has 33 heavy (non-hydrogen) atoms. The molecule has 1 amide bonds. The minimum absolute atomic E-state index is 0.151. The van der Waals surface area contributed by atoms with Gasteiger partial charge >= 0.3 is 22.1 Å². The first-order valence-electron chi connectivity index (χ1n) is 9.82. The molecule has 1 saturated heterocycles. The maximum atomic E-state index is 12.5. The van der Waals surface area contributed by atoms with Gasteiger partial charge in [-0.25, -0.2) is 9.52 Å². The van der Waals surface area contributed by atoms with Gasteiger partial charge < -0.3 is 14.6 Å². The van der Waals surface area contributed by atoms with E-state index < -0.39 is 40.3 Å². The lowest BCUT2D eigenvalue weighted by atomic mass is 10.1. The van der Waals surface area contributed by atoms with Crippen LogP contribution in [0.1, 0.15) is 21.5 Å². The van der Waals surface area contributed by atoms with Crippen molar-refractivity contribution < 1.29 is 37.4 Å². The average molecular weight is 477 g/mol. The molecule has 0 aliphatic carbocycles. The number of aliphatic carboxylic acids is 1. The normalized spacial score (nSPS) is 18.5. The Morgan fingerprint density at radius 1 is 1.12 bits per heavy atom. The predicted molar refractivity (Wildman–Crippen MR) is 115 cm³/mol. The van der Waals surface area contributed by atoms with Gasteiger partial charge in [0.25, 0.3) is 5.91 Å². The molecule has 3 rings (SSSR count). The molecule has 0 bridgehead atoms. The first-order chi connectivity index (χ1) is 15.7. The van der Waals surface area contributed by atoms with E-state index in [1.165, 1.54) is 31.4 Å². The summed E-state index contributed by atoms with van der Waals surface area (Å²) in [6.07, 6.45) is -1.46. The smallest absolute Gasteiger partial charge is 0.337 e. The summed E-state index contributed by atoms with van der Waals surface area (Å²) < 4.78 is 37.7. The highest BCUT2D eigenvalue weighted by molar-refractivity contribution is 7.88. The Bertz CT molecular complexity index is 1110. The maximum absolute atomic E-state index is 12.5. The lowest BCUT2D eigenvalue weighted by molar-refractivity contribution is -0.142. The van der Waals surface area contributed by atoms with Crippen LogP contribution < -0.4 is 10.0 Å². The largest absolute Gasteiger partial charge is 0.480 e. The Morgan fingerprint density at radius 2 is 1.79 bits per heavy atom. The fourth-order valence-corrected chi connectivity index (χ4v) is 4.38. The summed E-state index contributed by atoms with van der Waals surface area (Å²) in [4.78, 5) is 35.6. The summed E-state index contributed by atoms with van der Waals surface area (Å²) in [6.45, 7) is -0.384. The number of carboxylic acids is 1. The molecule has 1 fully saturated rings. The molecular formula is C21H23N3O8S. The number of esters is 1. The van der Waals surface area contributed by atoms with Crippen molar-refractivity contribution >= 4 is 28.1 Å². The zero-order valence-corrected chi connectivity index (χ0v) is 18.4. The van der Waals surface area contributed by atoms with E-state index in [1.54, 1.807) is 0 Å². The molecule has 12 heteroatoms. The molecule has 1 aliphatic rings. The third-order valence-corrected chi connectivity index (χ3v) is 6.26. The Kier molecular flexibility index (Phi) is 7.76. The van der Waals surface area contributed by atoms with Crippen LogP contribution in [0.4, 0.5) is 0 Å². The highest BCUT2D eigenvalue weighted by Gasteiger charge is 2.45. The van der Waals surface area contributed by atoms with E-state index in [0.717, 1.165) is 9.87 Å².